The fourth-order valence-corrected chi connectivity index (χ4v) is 2.54. The SMILES string of the molecule is Cc1nc(C#N)cc(C2CCN(C(=O)OC(C)(C)C)CC2)n1. The zero-order valence-electron chi connectivity index (χ0n) is 13.6. The summed E-state index contributed by atoms with van der Waals surface area (Å²) in [6, 6.07) is 3.82. The number of ether oxygens (including phenoxy) is 1. The highest BCUT2D eigenvalue weighted by Crippen LogP contribution is 2.27. The molecule has 6 nitrogen and oxygen atoms in total. The second kappa shape index (κ2) is 6.30. The van der Waals surface area contributed by atoms with Crippen LogP contribution < -0.4 is 0 Å². The molecule has 0 aromatic carbocycles. The molecular formula is C16H22N4O2. The van der Waals surface area contributed by atoms with Crippen molar-refractivity contribution in [3.8, 4) is 6.07 Å². The van der Waals surface area contributed by atoms with Crippen LogP contribution in [0.25, 0.3) is 0 Å². The minimum atomic E-state index is -0.473. The number of carbonyl (C=O) groups is 1. The standard InChI is InChI=1S/C16H22N4O2/c1-11-18-13(10-17)9-14(19-11)12-5-7-20(8-6-12)15(21)22-16(2,3)4/h9,12H,5-8H2,1-4H3. The van der Waals surface area contributed by atoms with Crippen molar-refractivity contribution in [2.24, 2.45) is 0 Å². The van der Waals surface area contributed by atoms with Crippen molar-refractivity contribution in [3.63, 3.8) is 0 Å². The molecule has 0 bridgehead atoms. The average Bonchev–Trinajstić information content (AvgIpc) is 2.45. The Kier molecular flexibility index (Phi) is 4.65. The van der Waals surface area contributed by atoms with E-state index in [4.69, 9.17) is 10.00 Å². The van der Waals surface area contributed by atoms with Gasteiger partial charge in [0.1, 0.15) is 23.2 Å². The van der Waals surface area contributed by atoms with Gasteiger partial charge in [0.2, 0.25) is 0 Å². The molecule has 1 saturated heterocycles. The van der Waals surface area contributed by atoms with E-state index in [9.17, 15) is 4.79 Å². The first-order valence-corrected chi connectivity index (χ1v) is 7.52. The van der Waals surface area contributed by atoms with E-state index in [0.717, 1.165) is 18.5 Å². The van der Waals surface area contributed by atoms with E-state index >= 15 is 0 Å². The summed E-state index contributed by atoms with van der Waals surface area (Å²) in [6.07, 6.45) is 1.38. The second-order valence-corrected chi connectivity index (χ2v) is 6.58. The Bertz CT molecular complexity index is 593. The second-order valence-electron chi connectivity index (χ2n) is 6.58. The van der Waals surface area contributed by atoms with Crippen molar-refractivity contribution in [1.82, 2.24) is 14.9 Å². The van der Waals surface area contributed by atoms with Crippen LogP contribution in [0.15, 0.2) is 6.07 Å². The van der Waals surface area contributed by atoms with E-state index in [2.05, 4.69) is 16.0 Å². The molecule has 22 heavy (non-hydrogen) atoms. The molecule has 1 aromatic heterocycles. The first-order valence-electron chi connectivity index (χ1n) is 7.52. The third-order valence-corrected chi connectivity index (χ3v) is 3.54. The van der Waals surface area contributed by atoms with Gasteiger partial charge in [0.15, 0.2) is 0 Å². The molecule has 1 aliphatic rings. The molecule has 0 radical (unpaired) electrons. The Morgan fingerprint density at radius 3 is 2.55 bits per heavy atom. The highest BCUT2D eigenvalue weighted by Gasteiger charge is 2.28. The van der Waals surface area contributed by atoms with Gasteiger partial charge >= 0.3 is 6.09 Å². The van der Waals surface area contributed by atoms with Gasteiger partial charge in [-0.3, -0.25) is 0 Å². The van der Waals surface area contributed by atoms with Crippen LogP contribution in [0.2, 0.25) is 0 Å². The number of carbonyl (C=O) groups excluding carboxylic acids is 1. The van der Waals surface area contributed by atoms with Crippen molar-refractivity contribution >= 4 is 6.09 Å². The smallest absolute Gasteiger partial charge is 0.410 e. The van der Waals surface area contributed by atoms with Crippen LogP contribution in [0.4, 0.5) is 4.79 Å². The van der Waals surface area contributed by atoms with E-state index in [0.29, 0.717) is 24.6 Å². The summed E-state index contributed by atoms with van der Waals surface area (Å²) in [7, 11) is 0. The number of amides is 1. The van der Waals surface area contributed by atoms with Gasteiger partial charge in [-0.1, -0.05) is 0 Å². The lowest BCUT2D eigenvalue weighted by atomic mass is 9.93. The zero-order chi connectivity index (χ0) is 16.3. The fourth-order valence-electron chi connectivity index (χ4n) is 2.54. The number of hydrogen-bond donors (Lipinski definition) is 0. The summed E-state index contributed by atoms with van der Waals surface area (Å²) in [4.78, 5) is 22.3. The predicted molar refractivity (Wildman–Crippen MR) is 81.3 cm³/mol. The molecule has 1 aliphatic heterocycles. The monoisotopic (exact) mass is 302 g/mol. The maximum atomic E-state index is 12.0. The number of hydrogen-bond acceptors (Lipinski definition) is 5. The lowest BCUT2D eigenvalue weighted by Gasteiger charge is -2.33. The number of nitriles is 1. The first-order chi connectivity index (χ1) is 10.3. The Morgan fingerprint density at radius 2 is 2.00 bits per heavy atom. The van der Waals surface area contributed by atoms with E-state index in [1.165, 1.54) is 0 Å². The summed E-state index contributed by atoms with van der Waals surface area (Å²) < 4.78 is 5.39. The lowest BCUT2D eigenvalue weighted by molar-refractivity contribution is 0.0204. The molecule has 0 N–H and O–H groups in total. The van der Waals surface area contributed by atoms with Gasteiger partial charge in [0.05, 0.1) is 0 Å². The predicted octanol–water partition coefficient (Wildman–Crippen LogP) is 2.77. The molecule has 0 spiro atoms. The molecule has 0 aliphatic carbocycles. The third kappa shape index (κ3) is 4.17. The minimum absolute atomic E-state index is 0.257. The lowest BCUT2D eigenvalue weighted by Crippen LogP contribution is -2.41. The number of likely N-dealkylation sites (tertiary alicyclic amines) is 1. The van der Waals surface area contributed by atoms with Crippen LogP contribution in [-0.2, 0) is 4.74 Å². The molecule has 0 saturated carbocycles. The molecule has 0 unspecified atom stereocenters. The number of nitrogens with zero attached hydrogens (tertiary/aromatic N) is 4. The van der Waals surface area contributed by atoms with Crippen molar-refractivity contribution < 1.29 is 9.53 Å². The van der Waals surface area contributed by atoms with E-state index in [1.54, 1.807) is 17.9 Å². The van der Waals surface area contributed by atoms with E-state index in [1.807, 2.05) is 20.8 Å². The Balaban J connectivity index is 1.99. The largest absolute Gasteiger partial charge is 0.444 e. The Morgan fingerprint density at radius 1 is 1.36 bits per heavy atom. The third-order valence-electron chi connectivity index (χ3n) is 3.54. The van der Waals surface area contributed by atoms with Crippen LogP contribution in [-0.4, -0.2) is 39.7 Å². The van der Waals surface area contributed by atoms with Crippen molar-refractivity contribution in [3.05, 3.63) is 23.3 Å². The van der Waals surface area contributed by atoms with Crippen molar-refractivity contribution in [2.75, 3.05) is 13.1 Å². The van der Waals surface area contributed by atoms with Crippen LogP contribution in [0, 0.1) is 18.3 Å². The van der Waals surface area contributed by atoms with Gasteiger partial charge in [0.25, 0.3) is 0 Å². The van der Waals surface area contributed by atoms with Crippen molar-refractivity contribution in [2.45, 2.75) is 52.1 Å². The molecule has 1 amide bonds. The molecule has 1 fully saturated rings. The fraction of sp³-hybridized carbons (Fsp3) is 0.625. The van der Waals surface area contributed by atoms with Crippen LogP contribution in [0.1, 0.15) is 56.7 Å². The first kappa shape index (κ1) is 16.2. The summed E-state index contributed by atoms with van der Waals surface area (Å²) in [5, 5.41) is 9.00. The van der Waals surface area contributed by atoms with Gasteiger partial charge < -0.3 is 9.64 Å². The highest BCUT2D eigenvalue weighted by molar-refractivity contribution is 5.68. The van der Waals surface area contributed by atoms with Crippen LogP contribution in [0.3, 0.4) is 0 Å². The molecule has 2 heterocycles. The van der Waals surface area contributed by atoms with Gasteiger partial charge in [-0.2, -0.15) is 5.26 Å². The molecule has 6 heteroatoms. The number of piperidine rings is 1. The number of aryl methyl sites for hydroxylation is 1. The Labute approximate surface area is 131 Å². The Hall–Kier alpha value is -2.16. The maximum Gasteiger partial charge on any atom is 0.410 e. The van der Waals surface area contributed by atoms with E-state index in [-0.39, 0.29) is 12.0 Å². The molecule has 2 rings (SSSR count). The number of rotatable bonds is 1. The van der Waals surface area contributed by atoms with Crippen molar-refractivity contribution in [1.29, 1.82) is 5.26 Å². The normalized spacial score (nSPS) is 16.2. The molecule has 0 atom stereocenters. The average molecular weight is 302 g/mol. The minimum Gasteiger partial charge on any atom is -0.444 e. The highest BCUT2D eigenvalue weighted by atomic mass is 16.6. The van der Waals surface area contributed by atoms with Crippen LogP contribution in [0.5, 0.6) is 0 Å². The quantitative estimate of drug-likeness (QED) is 0.797. The maximum absolute atomic E-state index is 12.0. The molecule has 118 valence electrons. The molecule has 1 aromatic rings. The van der Waals surface area contributed by atoms with Gasteiger partial charge in [0, 0.05) is 24.7 Å². The number of aromatic nitrogens is 2. The van der Waals surface area contributed by atoms with Gasteiger partial charge in [-0.15, -0.1) is 0 Å². The van der Waals surface area contributed by atoms with Gasteiger partial charge in [-0.25, -0.2) is 14.8 Å². The van der Waals surface area contributed by atoms with Gasteiger partial charge in [-0.05, 0) is 46.6 Å². The van der Waals surface area contributed by atoms with E-state index < -0.39 is 5.60 Å². The zero-order valence-corrected chi connectivity index (χ0v) is 13.6. The topological polar surface area (TPSA) is 79.1 Å². The summed E-state index contributed by atoms with van der Waals surface area (Å²) >= 11 is 0. The van der Waals surface area contributed by atoms with Crippen LogP contribution >= 0.6 is 0 Å². The summed E-state index contributed by atoms with van der Waals surface area (Å²) in [6.45, 7) is 8.68. The molecular weight excluding hydrogens is 280 g/mol. The summed E-state index contributed by atoms with van der Waals surface area (Å²) in [5.41, 5.74) is 0.823. The summed E-state index contributed by atoms with van der Waals surface area (Å²) in [5.74, 6) is 0.871.